The Hall–Kier alpha value is -0.863. The molecule has 1 nitrogen and oxygen atoms in total. The highest BCUT2D eigenvalue weighted by molar-refractivity contribution is 6.78. The number of hydrogen-bond donors (Lipinski definition) is 0. The molecular weight excluding hydrogens is 210 g/mol. The first-order valence-corrected chi connectivity index (χ1v) is 8.38. The average molecular weight is 235 g/mol. The molecule has 0 atom stereocenters. The lowest BCUT2D eigenvalue weighted by Gasteiger charge is -2.38. The molecule has 90 valence electrons. The summed E-state index contributed by atoms with van der Waals surface area (Å²) in [5.41, 5.74) is 0. The third-order valence-corrected chi connectivity index (χ3v) is 8.04. The molecule has 0 radical (unpaired) electrons. The topological polar surface area (TPSA) is 3.24 Å². The molecule has 0 aromatic heterocycles. The van der Waals surface area contributed by atoms with Crippen LogP contribution < -0.4 is 0 Å². The Labute approximate surface area is 102 Å². The van der Waals surface area contributed by atoms with Crippen molar-refractivity contribution in [1.82, 2.24) is 4.57 Å². The third kappa shape index (κ3) is 4.33. The van der Waals surface area contributed by atoms with E-state index >= 15 is 0 Å². The van der Waals surface area contributed by atoms with Crippen LogP contribution in [0.1, 0.15) is 6.42 Å². The van der Waals surface area contributed by atoms with E-state index in [1.54, 1.807) is 0 Å². The third-order valence-electron chi connectivity index (χ3n) is 3.05. The van der Waals surface area contributed by atoms with Gasteiger partial charge in [0.25, 0.3) is 0 Å². The number of allylic oxidation sites excluding steroid dienone is 3. The lowest BCUT2D eigenvalue weighted by atomic mass is 10.4. The molecule has 0 fully saturated rings. The largest absolute Gasteiger partial charge is 0.325 e. The van der Waals surface area contributed by atoms with Crippen LogP contribution in [0.3, 0.4) is 0 Å². The standard InChI is InChI=1S/C14H25NSi/c1-6-10-11-15(5)16(12-7-2,13-8-3)14-9-4/h6-9H,1-4,10-14H2,5H3. The molecule has 0 heterocycles. The van der Waals surface area contributed by atoms with Gasteiger partial charge >= 0.3 is 0 Å². The van der Waals surface area contributed by atoms with Crippen LogP contribution in [0.2, 0.25) is 18.1 Å². The van der Waals surface area contributed by atoms with Gasteiger partial charge in [-0.25, -0.2) is 0 Å². The van der Waals surface area contributed by atoms with Crippen molar-refractivity contribution in [2.45, 2.75) is 24.6 Å². The van der Waals surface area contributed by atoms with Crippen LogP contribution in [0.25, 0.3) is 0 Å². The van der Waals surface area contributed by atoms with Crippen LogP contribution in [0.4, 0.5) is 0 Å². The predicted octanol–water partition coefficient (Wildman–Crippen LogP) is 4.00. The summed E-state index contributed by atoms with van der Waals surface area (Å²) in [6.07, 6.45) is 9.15. The molecule has 2 heteroatoms. The summed E-state index contributed by atoms with van der Waals surface area (Å²) in [7, 11) is 0.710. The van der Waals surface area contributed by atoms with E-state index in [2.05, 4.69) is 37.9 Å². The number of hydrogen-bond acceptors (Lipinski definition) is 1. The Morgan fingerprint density at radius 2 is 1.31 bits per heavy atom. The van der Waals surface area contributed by atoms with E-state index in [9.17, 15) is 0 Å². The molecule has 0 aliphatic heterocycles. The van der Waals surface area contributed by atoms with E-state index in [4.69, 9.17) is 0 Å². The van der Waals surface area contributed by atoms with Crippen molar-refractivity contribution in [3.05, 3.63) is 50.6 Å². The minimum Gasteiger partial charge on any atom is -0.325 e. The SMILES string of the molecule is C=CCCN(C)[Si](CC=C)(CC=C)CC=C. The minimum atomic E-state index is -1.50. The van der Waals surface area contributed by atoms with E-state index in [-0.39, 0.29) is 0 Å². The van der Waals surface area contributed by atoms with Gasteiger partial charge in [0.05, 0.1) is 0 Å². The van der Waals surface area contributed by atoms with Gasteiger partial charge in [-0.05, 0) is 38.1 Å². The van der Waals surface area contributed by atoms with Crippen molar-refractivity contribution >= 4 is 8.24 Å². The Kier molecular flexibility index (Phi) is 7.86. The molecule has 0 amide bonds. The molecule has 0 unspecified atom stereocenters. The summed E-state index contributed by atoms with van der Waals surface area (Å²) in [6.45, 7) is 16.5. The van der Waals surface area contributed by atoms with Crippen molar-refractivity contribution in [3.8, 4) is 0 Å². The van der Waals surface area contributed by atoms with Gasteiger partial charge in [-0.3, -0.25) is 0 Å². The summed E-state index contributed by atoms with van der Waals surface area (Å²) in [6, 6.07) is 3.29. The molecule has 0 spiro atoms. The summed E-state index contributed by atoms with van der Waals surface area (Å²) in [4.78, 5) is 0. The summed E-state index contributed by atoms with van der Waals surface area (Å²) in [5.74, 6) is 0. The smallest absolute Gasteiger partial charge is 0.139 e. The van der Waals surface area contributed by atoms with Crippen LogP contribution >= 0.6 is 0 Å². The lowest BCUT2D eigenvalue weighted by molar-refractivity contribution is 0.507. The zero-order valence-electron chi connectivity index (χ0n) is 10.6. The Balaban J connectivity index is 4.79. The lowest BCUT2D eigenvalue weighted by Crippen LogP contribution is -2.50. The van der Waals surface area contributed by atoms with Gasteiger partial charge in [-0.15, -0.1) is 26.3 Å². The minimum absolute atomic E-state index is 1.04. The van der Waals surface area contributed by atoms with Gasteiger partial charge in [0.1, 0.15) is 8.24 Å². The second-order valence-corrected chi connectivity index (χ2v) is 8.64. The van der Waals surface area contributed by atoms with Gasteiger partial charge in [-0.2, -0.15) is 0 Å². The van der Waals surface area contributed by atoms with E-state index < -0.39 is 8.24 Å². The van der Waals surface area contributed by atoms with Gasteiger partial charge in [0.2, 0.25) is 0 Å². The van der Waals surface area contributed by atoms with E-state index in [1.807, 2.05) is 24.3 Å². The van der Waals surface area contributed by atoms with Gasteiger partial charge < -0.3 is 4.57 Å². The molecular formula is C14H25NSi. The van der Waals surface area contributed by atoms with Crippen LogP contribution in [-0.2, 0) is 0 Å². The molecule has 0 bridgehead atoms. The van der Waals surface area contributed by atoms with E-state index in [0.717, 1.165) is 31.1 Å². The number of nitrogens with zero attached hydrogens (tertiary/aromatic N) is 1. The molecule has 0 aliphatic carbocycles. The fraction of sp³-hybridized carbons (Fsp3) is 0.429. The number of rotatable bonds is 10. The Morgan fingerprint density at radius 3 is 1.62 bits per heavy atom. The molecule has 0 aliphatic rings. The second kappa shape index (κ2) is 8.31. The quantitative estimate of drug-likeness (QED) is 0.409. The summed E-state index contributed by atoms with van der Waals surface area (Å²) in [5, 5.41) is 0. The normalized spacial score (nSPS) is 11.1. The molecule has 0 saturated carbocycles. The first-order valence-electron chi connectivity index (χ1n) is 5.81. The Bertz CT molecular complexity index is 219. The maximum atomic E-state index is 3.89. The summed E-state index contributed by atoms with van der Waals surface area (Å²) < 4.78 is 2.51. The maximum absolute atomic E-state index is 3.89. The highest BCUT2D eigenvalue weighted by Gasteiger charge is 2.33. The van der Waals surface area contributed by atoms with Crippen LogP contribution in [0, 0.1) is 0 Å². The summed E-state index contributed by atoms with van der Waals surface area (Å²) >= 11 is 0. The monoisotopic (exact) mass is 235 g/mol. The van der Waals surface area contributed by atoms with E-state index in [0.29, 0.717) is 0 Å². The molecule has 0 rings (SSSR count). The van der Waals surface area contributed by atoms with Crippen LogP contribution in [-0.4, -0.2) is 26.4 Å². The molecule has 16 heavy (non-hydrogen) atoms. The zero-order valence-corrected chi connectivity index (χ0v) is 11.6. The molecule has 0 aromatic rings. The van der Waals surface area contributed by atoms with Gasteiger partial charge in [-0.1, -0.05) is 24.3 Å². The molecule has 0 saturated heterocycles. The highest BCUT2D eigenvalue weighted by Crippen LogP contribution is 2.26. The second-order valence-electron chi connectivity index (χ2n) is 4.20. The van der Waals surface area contributed by atoms with Crippen molar-refractivity contribution in [2.24, 2.45) is 0 Å². The van der Waals surface area contributed by atoms with Gasteiger partial charge in [0.15, 0.2) is 0 Å². The highest BCUT2D eigenvalue weighted by atomic mass is 28.3. The van der Waals surface area contributed by atoms with Crippen molar-refractivity contribution in [1.29, 1.82) is 0 Å². The Morgan fingerprint density at radius 1 is 0.875 bits per heavy atom. The van der Waals surface area contributed by atoms with Crippen LogP contribution in [0.5, 0.6) is 0 Å². The fourth-order valence-corrected chi connectivity index (χ4v) is 5.70. The van der Waals surface area contributed by atoms with Crippen LogP contribution in [0.15, 0.2) is 50.6 Å². The molecule has 0 N–H and O–H groups in total. The molecule has 0 aromatic carbocycles. The first kappa shape index (κ1) is 15.1. The predicted molar refractivity (Wildman–Crippen MR) is 78.2 cm³/mol. The van der Waals surface area contributed by atoms with Gasteiger partial charge in [0, 0.05) is 0 Å². The van der Waals surface area contributed by atoms with E-state index in [1.165, 1.54) is 0 Å². The zero-order chi connectivity index (χ0) is 12.4. The van der Waals surface area contributed by atoms with Crippen molar-refractivity contribution < 1.29 is 0 Å². The fourth-order valence-electron chi connectivity index (χ4n) is 2.05. The first-order chi connectivity index (χ1) is 7.66. The maximum Gasteiger partial charge on any atom is 0.139 e. The average Bonchev–Trinajstić information content (AvgIpc) is 2.26. The van der Waals surface area contributed by atoms with Crippen molar-refractivity contribution in [2.75, 3.05) is 13.6 Å². The van der Waals surface area contributed by atoms with Crippen molar-refractivity contribution in [3.63, 3.8) is 0 Å².